The molecule has 1 aliphatic carbocycles. The molecule has 1 heterocycles. The van der Waals surface area contributed by atoms with E-state index >= 15 is 0 Å². The van der Waals surface area contributed by atoms with Crippen molar-refractivity contribution in [3.63, 3.8) is 0 Å². The Morgan fingerprint density at radius 1 is 1.33 bits per heavy atom. The predicted molar refractivity (Wildman–Crippen MR) is 71.5 cm³/mol. The van der Waals surface area contributed by atoms with E-state index in [4.69, 9.17) is 5.73 Å². The molecule has 1 aromatic carbocycles. The molecule has 4 heteroatoms. The average Bonchev–Trinajstić information content (AvgIpc) is 3.11. The molecule has 18 heavy (non-hydrogen) atoms. The summed E-state index contributed by atoms with van der Waals surface area (Å²) in [4.78, 5) is 0. The van der Waals surface area contributed by atoms with Crippen molar-refractivity contribution in [1.82, 2.24) is 15.1 Å². The highest BCUT2D eigenvalue weighted by atomic mass is 15.3. The SMILES string of the molecule is NCC(NC1CC1)c1cnn(-c2ccccc2)c1. The Labute approximate surface area is 107 Å². The monoisotopic (exact) mass is 242 g/mol. The Kier molecular flexibility index (Phi) is 3.13. The standard InChI is InChI=1S/C14H18N4/c15-8-14(17-12-6-7-12)11-9-16-18(10-11)13-4-2-1-3-5-13/h1-5,9-10,12,14,17H,6-8,15H2. The fourth-order valence-corrected chi connectivity index (χ4v) is 2.07. The van der Waals surface area contributed by atoms with Gasteiger partial charge in [0.05, 0.1) is 11.9 Å². The van der Waals surface area contributed by atoms with Crippen LogP contribution in [0, 0.1) is 0 Å². The van der Waals surface area contributed by atoms with Crippen molar-refractivity contribution in [2.24, 2.45) is 5.73 Å². The van der Waals surface area contributed by atoms with Crippen LogP contribution in [0.4, 0.5) is 0 Å². The maximum atomic E-state index is 5.83. The van der Waals surface area contributed by atoms with Gasteiger partial charge < -0.3 is 11.1 Å². The summed E-state index contributed by atoms with van der Waals surface area (Å²) in [7, 11) is 0. The van der Waals surface area contributed by atoms with Crippen molar-refractivity contribution in [2.75, 3.05) is 6.54 Å². The van der Waals surface area contributed by atoms with Gasteiger partial charge in [-0.05, 0) is 25.0 Å². The van der Waals surface area contributed by atoms with Crippen LogP contribution in [0.1, 0.15) is 24.4 Å². The molecular formula is C14H18N4. The van der Waals surface area contributed by atoms with Gasteiger partial charge in [0.1, 0.15) is 0 Å². The van der Waals surface area contributed by atoms with E-state index in [9.17, 15) is 0 Å². The Bertz CT molecular complexity index is 502. The molecule has 0 spiro atoms. The van der Waals surface area contributed by atoms with Crippen LogP contribution < -0.4 is 11.1 Å². The summed E-state index contributed by atoms with van der Waals surface area (Å²) in [6, 6.07) is 11.0. The average molecular weight is 242 g/mol. The van der Waals surface area contributed by atoms with Gasteiger partial charge in [-0.3, -0.25) is 0 Å². The molecule has 1 aromatic heterocycles. The maximum absolute atomic E-state index is 5.83. The van der Waals surface area contributed by atoms with Crippen LogP contribution in [0.3, 0.4) is 0 Å². The smallest absolute Gasteiger partial charge is 0.0645 e. The molecule has 1 unspecified atom stereocenters. The molecule has 0 saturated heterocycles. The van der Waals surface area contributed by atoms with Crippen molar-refractivity contribution < 1.29 is 0 Å². The van der Waals surface area contributed by atoms with Gasteiger partial charge in [0.15, 0.2) is 0 Å². The molecule has 0 radical (unpaired) electrons. The lowest BCUT2D eigenvalue weighted by Crippen LogP contribution is -2.29. The third-order valence-corrected chi connectivity index (χ3v) is 3.28. The van der Waals surface area contributed by atoms with Gasteiger partial charge in [-0.15, -0.1) is 0 Å². The molecule has 2 aromatic rings. The van der Waals surface area contributed by atoms with Crippen LogP contribution in [0.15, 0.2) is 42.7 Å². The number of nitrogens with two attached hydrogens (primary N) is 1. The molecule has 1 aliphatic rings. The first-order valence-corrected chi connectivity index (χ1v) is 6.43. The summed E-state index contributed by atoms with van der Waals surface area (Å²) >= 11 is 0. The number of hydrogen-bond donors (Lipinski definition) is 2. The van der Waals surface area contributed by atoms with E-state index in [1.807, 2.05) is 41.2 Å². The van der Waals surface area contributed by atoms with Crippen molar-refractivity contribution in [1.29, 1.82) is 0 Å². The minimum Gasteiger partial charge on any atom is -0.329 e. The number of para-hydroxylation sites is 1. The van der Waals surface area contributed by atoms with Crippen LogP contribution >= 0.6 is 0 Å². The van der Waals surface area contributed by atoms with Crippen LogP contribution in [0.25, 0.3) is 5.69 Å². The first kappa shape index (κ1) is 11.4. The zero-order valence-corrected chi connectivity index (χ0v) is 10.3. The Morgan fingerprint density at radius 3 is 2.78 bits per heavy atom. The lowest BCUT2D eigenvalue weighted by molar-refractivity contribution is 0.539. The topological polar surface area (TPSA) is 55.9 Å². The molecule has 94 valence electrons. The molecule has 1 fully saturated rings. The summed E-state index contributed by atoms with van der Waals surface area (Å²) in [6.45, 7) is 0.608. The number of benzene rings is 1. The number of nitrogens with one attached hydrogen (secondary N) is 1. The third-order valence-electron chi connectivity index (χ3n) is 3.28. The second kappa shape index (κ2) is 4.92. The molecule has 0 amide bonds. The molecule has 1 atom stereocenters. The van der Waals surface area contributed by atoms with E-state index in [2.05, 4.69) is 16.6 Å². The second-order valence-electron chi connectivity index (χ2n) is 4.78. The summed E-state index contributed by atoms with van der Waals surface area (Å²) in [5.74, 6) is 0. The van der Waals surface area contributed by atoms with Gasteiger partial charge in [0.2, 0.25) is 0 Å². The van der Waals surface area contributed by atoms with E-state index in [-0.39, 0.29) is 6.04 Å². The lowest BCUT2D eigenvalue weighted by Gasteiger charge is -2.14. The van der Waals surface area contributed by atoms with Crippen molar-refractivity contribution in [3.8, 4) is 5.69 Å². The Balaban J connectivity index is 1.79. The van der Waals surface area contributed by atoms with Gasteiger partial charge in [0, 0.05) is 30.4 Å². The van der Waals surface area contributed by atoms with E-state index in [0.717, 1.165) is 11.3 Å². The van der Waals surface area contributed by atoms with Crippen LogP contribution in [0.5, 0.6) is 0 Å². The molecule has 0 aliphatic heterocycles. The summed E-state index contributed by atoms with van der Waals surface area (Å²) < 4.78 is 1.90. The molecule has 0 bridgehead atoms. The van der Waals surface area contributed by atoms with E-state index in [0.29, 0.717) is 12.6 Å². The zero-order chi connectivity index (χ0) is 12.4. The van der Waals surface area contributed by atoms with Crippen LogP contribution in [-0.4, -0.2) is 22.4 Å². The number of nitrogens with zero attached hydrogens (tertiary/aromatic N) is 2. The van der Waals surface area contributed by atoms with Crippen molar-refractivity contribution in [3.05, 3.63) is 48.3 Å². The predicted octanol–water partition coefficient (Wildman–Crippen LogP) is 1.62. The highest BCUT2D eigenvalue weighted by Crippen LogP contribution is 2.23. The van der Waals surface area contributed by atoms with Gasteiger partial charge in [-0.25, -0.2) is 4.68 Å². The molecule has 3 rings (SSSR count). The maximum Gasteiger partial charge on any atom is 0.0645 e. The van der Waals surface area contributed by atoms with Gasteiger partial charge >= 0.3 is 0 Å². The zero-order valence-electron chi connectivity index (χ0n) is 10.3. The summed E-state index contributed by atoms with van der Waals surface area (Å²) in [6.07, 6.45) is 6.49. The van der Waals surface area contributed by atoms with Crippen LogP contribution in [0.2, 0.25) is 0 Å². The third kappa shape index (κ3) is 2.44. The van der Waals surface area contributed by atoms with E-state index < -0.39 is 0 Å². The fourth-order valence-electron chi connectivity index (χ4n) is 2.07. The van der Waals surface area contributed by atoms with Crippen molar-refractivity contribution in [2.45, 2.75) is 24.9 Å². The Morgan fingerprint density at radius 2 is 2.11 bits per heavy atom. The highest BCUT2D eigenvalue weighted by molar-refractivity contribution is 5.31. The van der Waals surface area contributed by atoms with E-state index in [1.165, 1.54) is 12.8 Å². The first-order valence-electron chi connectivity index (χ1n) is 6.43. The van der Waals surface area contributed by atoms with E-state index in [1.54, 1.807) is 0 Å². The largest absolute Gasteiger partial charge is 0.329 e. The minimum atomic E-state index is 0.218. The molecule has 4 nitrogen and oxygen atoms in total. The first-order chi connectivity index (χ1) is 8.86. The van der Waals surface area contributed by atoms with Crippen LogP contribution in [-0.2, 0) is 0 Å². The minimum absolute atomic E-state index is 0.218. The van der Waals surface area contributed by atoms with Gasteiger partial charge in [-0.1, -0.05) is 18.2 Å². The number of rotatable bonds is 5. The number of aromatic nitrogens is 2. The summed E-state index contributed by atoms with van der Waals surface area (Å²) in [5.41, 5.74) is 8.06. The summed E-state index contributed by atoms with van der Waals surface area (Å²) in [5, 5.41) is 7.95. The quantitative estimate of drug-likeness (QED) is 0.837. The second-order valence-corrected chi connectivity index (χ2v) is 4.78. The highest BCUT2D eigenvalue weighted by Gasteiger charge is 2.25. The normalized spacial score (nSPS) is 16.7. The Hall–Kier alpha value is -1.65. The lowest BCUT2D eigenvalue weighted by atomic mass is 10.1. The molecule has 3 N–H and O–H groups in total. The number of hydrogen-bond acceptors (Lipinski definition) is 3. The molecule has 1 saturated carbocycles. The van der Waals surface area contributed by atoms with Gasteiger partial charge in [0.25, 0.3) is 0 Å². The molecular weight excluding hydrogens is 224 g/mol. The fraction of sp³-hybridized carbons (Fsp3) is 0.357. The van der Waals surface area contributed by atoms with Gasteiger partial charge in [-0.2, -0.15) is 5.10 Å². The van der Waals surface area contributed by atoms with Crippen molar-refractivity contribution >= 4 is 0 Å².